The van der Waals surface area contributed by atoms with Gasteiger partial charge in [0.15, 0.2) is 0 Å². The van der Waals surface area contributed by atoms with Gasteiger partial charge in [-0.1, -0.05) is 13.8 Å². The Morgan fingerprint density at radius 2 is 2.22 bits per heavy atom. The molecule has 2 nitrogen and oxygen atoms in total. The molecule has 1 aromatic rings. The van der Waals surface area contributed by atoms with Crippen LogP contribution in [-0.2, 0) is 11.2 Å². The summed E-state index contributed by atoms with van der Waals surface area (Å²) in [5.74, 6) is 0.264. The molecule has 0 bridgehead atoms. The molecule has 0 fully saturated rings. The summed E-state index contributed by atoms with van der Waals surface area (Å²) in [6.45, 7) is 6.14. The Balaban J connectivity index is 2.33. The molecule has 0 aliphatic carbocycles. The monoisotopic (exact) mass is 249 g/mol. The van der Waals surface area contributed by atoms with Gasteiger partial charge < -0.3 is 4.90 Å². The number of benzene rings is 1. The zero-order chi connectivity index (χ0) is 13.3. The van der Waals surface area contributed by atoms with Crippen LogP contribution in [0.4, 0.5) is 10.1 Å². The summed E-state index contributed by atoms with van der Waals surface area (Å²) in [4.78, 5) is 14.1. The van der Waals surface area contributed by atoms with Crippen molar-refractivity contribution >= 4 is 11.6 Å². The fourth-order valence-electron chi connectivity index (χ4n) is 2.55. The third-order valence-electron chi connectivity index (χ3n) is 3.42. The summed E-state index contributed by atoms with van der Waals surface area (Å²) in [5, 5.41) is 0. The molecule has 1 heterocycles. The molecule has 18 heavy (non-hydrogen) atoms. The summed E-state index contributed by atoms with van der Waals surface area (Å²) in [6, 6.07) is 4.93. The first-order valence-electron chi connectivity index (χ1n) is 6.59. The largest absolute Gasteiger partial charge is 0.309 e. The molecule has 2 rings (SSSR count). The van der Waals surface area contributed by atoms with Gasteiger partial charge >= 0.3 is 0 Å². The minimum Gasteiger partial charge on any atom is -0.309 e. The number of hydrogen-bond acceptors (Lipinski definition) is 1. The van der Waals surface area contributed by atoms with E-state index in [-0.39, 0.29) is 17.8 Å². The van der Waals surface area contributed by atoms with Crippen LogP contribution in [0.25, 0.3) is 0 Å². The molecule has 1 aliphatic rings. The second-order valence-electron chi connectivity index (χ2n) is 5.52. The molecule has 1 unspecified atom stereocenters. The third-order valence-corrected chi connectivity index (χ3v) is 3.42. The van der Waals surface area contributed by atoms with Crippen molar-refractivity contribution in [1.29, 1.82) is 0 Å². The van der Waals surface area contributed by atoms with Crippen LogP contribution in [-0.4, -0.2) is 11.9 Å². The fraction of sp³-hybridized carbons (Fsp3) is 0.533. The van der Waals surface area contributed by atoms with Gasteiger partial charge in [-0.3, -0.25) is 4.79 Å². The van der Waals surface area contributed by atoms with Crippen LogP contribution >= 0.6 is 0 Å². The Labute approximate surface area is 108 Å². The van der Waals surface area contributed by atoms with E-state index in [1.807, 2.05) is 18.7 Å². The molecule has 0 saturated heterocycles. The number of carbonyl (C=O) groups is 1. The number of fused-ring (bicyclic) bond motifs is 1. The van der Waals surface area contributed by atoms with Crippen LogP contribution in [0, 0.1) is 11.7 Å². The van der Waals surface area contributed by atoms with Crippen LogP contribution in [0.3, 0.4) is 0 Å². The second-order valence-corrected chi connectivity index (χ2v) is 5.52. The fourth-order valence-corrected chi connectivity index (χ4v) is 2.55. The number of rotatable bonds is 2. The van der Waals surface area contributed by atoms with Crippen molar-refractivity contribution in [3.8, 4) is 0 Å². The zero-order valence-electron chi connectivity index (χ0n) is 11.2. The Bertz CT molecular complexity index is 456. The summed E-state index contributed by atoms with van der Waals surface area (Å²) < 4.78 is 13.2. The Kier molecular flexibility index (Phi) is 3.69. The van der Waals surface area contributed by atoms with Gasteiger partial charge in [0.2, 0.25) is 5.91 Å². The van der Waals surface area contributed by atoms with Crippen molar-refractivity contribution in [1.82, 2.24) is 0 Å². The normalized spacial score (nSPS) is 18.9. The van der Waals surface area contributed by atoms with E-state index < -0.39 is 0 Å². The highest BCUT2D eigenvalue weighted by molar-refractivity contribution is 5.95. The lowest BCUT2D eigenvalue weighted by Gasteiger charge is -2.35. The predicted molar refractivity (Wildman–Crippen MR) is 71.1 cm³/mol. The highest BCUT2D eigenvalue weighted by Gasteiger charge is 2.28. The van der Waals surface area contributed by atoms with Gasteiger partial charge in [-0.25, -0.2) is 4.39 Å². The third kappa shape index (κ3) is 2.55. The Morgan fingerprint density at radius 3 is 2.89 bits per heavy atom. The molecule has 0 radical (unpaired) electrons. The molecule has 0 aromatic heterocycles. The standard InChI is InChI=1S/C15H20FNO/c1-10(2)8-15(18)17-11(3)4-5-12-9-13(16)6-7-14(12)17/h6-7,9-11H,4-5,8H2,1-3H3. The molecule has 0 N–H and O–H groups in total. The van der Waals surface area contributed by atoms with Crippen LogP contribution < -0.4 is 4.90 Å². The number of halogens is 1. The van der Waals surface area contributed by atoms with Crippen LogP contribution in [0.5, 0.6) is 0 Å². The summed E-state index contributed by atoms with van der Waals surface area (Å²) in [5.41, 5.74) is 1.84. The van der Waals surface area contributed by atoms with Gasteiger partial charge in [-0.15, -0.1) is 0 Å². The maximum Gasteiger partial charge on any atom is 0.227 e. The Hall–Kier alpha value is -1.38. The van der Waals surface area contributed by atoms with Crippen LogP contribution in [0.15, 0.2) is 18.2 Å². The maximum atomic E-state index is 13.2. The lowest BCUT2D eigenvalue weighted by Crippen LogP contribution is -2.42. The number of amides is 1. The lowest BCUT2D eigenvalue weighted by atomic mass is 9.95. The van der Waals surface area contributed by atoms with Crippen molar-refractivity contribution in [2.45, 2.75) is 46.1 Å². The summed E-state index contributed by atoms with van der Waals surface area (Å²) in [6.07, 6.45) is 2.29. The highest BCUT2D eigenvalue weighted by atomic mass is 19.1. The minimum absolute atomic E-state index is 0.144. The lowest BCUT2D eigenvalue weighted by molar-refractivity contribution is -0.119. The van der Waals surface area contributed by atoms with Crippen molar-refractivity contribution < 1.29 is 9.18 Å². The molecular formula is C15H20FNO. The SMILES string of the molecule is CC(C)CC(=O)N1c2ccc(F)cc2CCC1C. The number of carbonyl (C=O) groups excluding carboxylic acids is 1. The van der Waals surface area contributed by atoms with Crippen LogP contribution in [0.2, 0.25) is 0 Å². The van der Waals surface area contributed by atoms with Gasteiger partial charge in [-0.2, -0.15) is 0 Å². The van der Waals surface area contributed by atoms with Gasteiger partial charge in [0.05, 0.1) is 0 Å². The van der Waals surface area contributed by atoms with E-state index in [1.165, 1.54) is 6.07 Å². The zero-order valence-corrected chi connectivity index (χ0v) is 11.2. The van der Waals surface area contributed by atoms with E-state index in [0.29, 0.717) is 12.3 Å². The number of nitrogens with zero attached hydrogens (tertiary/aromatic N) is 1. The molecule has 0 saturated carbocycles. The van der Waals surface area contributed by atoms with E-state index >= 15 is 0 Å². The van der Waals surface area contributed by atoms with Gasteiger partial charge in [0.1, 0.15) is 5.82 Å². The summed E-state index contributed by atoms with van der Waals surface area (Å²) >= 11 is 0. The van der Waals surface area contributed by atoms with Crippen molar-refractivity contribution in [2.75, 3.05) is 4.90 Å². The highest BCUT2D eigenvalue weighted by Crippen LogP contribution is 2.32. The van der Waals surface area contributed by atoms with E-state index in [1.54, 1.807) is 12.1 Å². The van der Waals surface area contributed by atoms with E-state index in [0.717, 1.165) is 24.1 Å². The molecule has 1 aromatic carbocycles. The first kappa shape index (κ1) is 13.1. The molecule has 1 amide bonds. The summed E-state index contributed by atoms with van der Waals surface area (Å²) in [7, 11) is 0. The number of hydrogen-bond donors (Lipinski definition) is 0. The smallest absolute Gasteiger partial charge is 0.227 e. The first-order valence-corrected chi connectivity index (χ1v) is 6.59. The topological polar surface area (TPSA) is 20.3 Å². The number of anilines is 1. The van der Waals surface area contributed by atoms with Gasteiger partial charge in [0, 0.05) is 18.2 Å². The van der Waals surface area contributed by atoms with E-state index in [2.05, 4.69) is 6.92 Å². The predicted octanol–water partition coefficient (Wildman–Crippen LogP) is 3.54. The van der Waals surface area contributed by atoms with Gasteiger partial charge in [0.25, 0.3) is 0 Å². The maximum absolute atomic E-state index is 13.2. The van der Waals surface area contributed by atoms with E-state index in [9.17, 15) is 9.18 Å². The molecular weight excluding hydrogens is 229 g/mol. The molecule has 3 heteroatoms. The molecule has 98 valence electrons. The molecule has 0 spiro atoms. The Morgan fingerprint density at radius 1 is 1.50 bits per heavy atom. The quantitative estimate of drug-likeness (QED) is 0.785. The van der Waals surface area contributed by atoms with Crippen molar-refractivity contribution in [3.63, 3.8) is 0 Å². The molecule has 1 aliphatic heterocycles. The average molecular weight is 249 g/mol. The van der Waals surface area contributed by atoms with Crippen LogP contribution in [0.1, 0.15) is 39.2 Å². The molecule has 1 atom stereocenters. The first-order chi connectivity index (χ1) is 8.49. The van der Waals surface area contributed by atoms with E-state index in [4.69, 9.17) is 0 Å². The number of aryl methyl sites for hydroxylation is 1. The van der Waals surface area contributed by atoms with Crippen molar-refractivity contribution in [2.24, 2.45) is 5.92 Å². The average Bonchev–Trinajstić information content (AvgIpc) is 2.28. The van der Waals surface area contributed by atoms with Gasteiger partial charge in [-0.05, 0) is 49.4 Å². The second kappa shape index (κ2) is 5.09. The minimum atomic E-state index is -0.223. The van der Waals surface area contributed by atoms with Crippen molar-refractivity contribution in [3.05, 3.63) is 29.6 Å².